The van der Waals surface area contributed by atoms with Gasteiger partial charge in [-0.2, -0.15) is 0 Å². The second kappa shape index (κ2) is 10.1. The molecule has 1 fully saturated rings. The molecule has 5 heteroatoms. The van der Waals surface area contributed by atoms with Gasteiger partial charge in [-0.25, -0.2) is 0 Å². The fourth-order valence-corrected chi connectivity index (χ4v) is 2.64. The maximum absolute atomic E-state index is 12.1. The van der Waals surface area contributed by atoms with Crippen molar-refractivity contribution in [2.45, 2.75) is 45.6 Å². The number of nitrogens with zero attached hydrogens (tertiary/aromatic N) is 2. The van der Waals surface area contributed by atoms with E-state index in [2.05, 4.69) is 22.0 Å². The minimum absolute atomic E-state index is 0.0503. The van der Waals surface area contributed by atoms with E-state index in [0.29, 0.717) is 0 Å². The number of amides is 1. The van der Waals surface area contributed by atoms with Crippen molar-refractivity contribution >= 4 is 5.91 Å². The summed E-state index contributed by atoms with van der Waals surface area (Å²) in [7, 11) is 0. The van der Waals surface area contributed by atoms with Gasteiger partial charge in [0.2, 0.25) is 5.91 Å². The predicted octanol–water partition coefficient (Wildman–Crippen LogP) is 0.681. The number of unbranched alkanes of at least 4 members (excludes halogenated alkanes) is 2. The molecule has 1 unspecified atom stereocenters. The van der Waals surface area contributed by atoms with Gasteiger partial charge in [0.05, 0.1) is 12.6 Å². The van der Waals surface area contributed by atoms with Gasteiger partial charge in [0.15, 0.2) is 0 Å². The van der Waals surface area contributed by atoms with Crippen molar-refractivity contribution in [1.29, 1.82) is 0 Å². The van der Waals surface area contributed by atoms with Gasteiger partial charge < -0.3 is 10.4 Å². The van der Waals surface area contributed by atoms with E-state index in [9.17, 15) is 4.79 Å². The number of aliphatic hydroxyl groups excluding tert-OH is 1. The lowest BCUT2D eigenvalue weighted by Crippen LogP contribution is -2.46. The molecule has 1 saturated heterocycles. The van der Waals surface area contributed by atoms with Gasteiger partial charge in [0, 0.05) is 32.7 Å². The number of carbonyl (C=O) groups is 1. The van der Waals surface area contributed by atoms with E-state index < -0.39 is 0 Å². The average Bonchev–Trinajstić information content (AvgIpc) is 2.68. The van der Waals surface area contributed by atoms with Crippen molar-refractivity contribution in [3.05, 3.63) is 0 Å². The Balaban J connectivity index is 2.30. The molecule has 0 aromatic carbocycles. The Morgan fingerprint density at radius 2 is 2.05 bits per heavy atom. The highest BCUT2D eigenvalue weighted by Gasteiger charge is 2.23. The van der Waals surface area contributed by atoms with E-state index in [4.69, 9.17) is 5.11 Å². The summed E-state index contributed by atoms with van der Waals surface area (Å²) in [6, 6.07) is -0.0503. The molecule has 1 aliphatic rings. The van der Waals surface area contributed by atoms with Crippen molar-refractivity contribution in [2.75, 3.05) is 45.9 Å². The van der Waals surface area contributed by atoms with E-state index in [-0.39, 0.29) is 18.6 Å². The number of aliphatic hydroxyl groups is 1. The Morgan fingerprint density at radius 3 is 2.75 bits per heavy atom. The topological polar surface area (TPSA) is 55.8 Å². The van der Waals surface area contributed by atoms with Crippen LogP contribution in [0.25, 0.3) is 0 Å². The third-order valence-corrected chi connectivity index (χ3v) is 4.05. The molecule has 1 atom stereocenters. The molecule has 1 heterocycles. The molecule has 1 amide bonds. The zero-order chi connectivity index (χ0) is 14.8. The predicted molar refractivity (Wildman–Crippen MR) is 81.7 cm³/mol. The average molecular weight is 285 g/mol. The first kappa shape index (κ1) is 17.4. The molecule has 0 saturated carbocycles. The van der Waals surface area contributed by atoms with Gasteiger partial charge in [-0.05, 0) is 26.3 Å². The van der Waals surface area contributed by atoms with E-state index >= 15 is 0 Å². The maximum atomic E-state index is 12.1. The molecular formula is C15H31N3O2. The number of hydrogen-bond donors (Lipinski definition) is 2. The maximum Gasteiger partial charge on any atom is 0.237 e. The first-order chi connectivity index (χ1) is 9.69. The smallest absolute Gasteiger partial charge is 0.237 e. The molecule has 0 radical (unpaired) electrons. The second-order valence-electron chi connectivity index (χ2n) is 5.63. The number of β-amino-alcohol motifs (C(OH)–C–C–N with tert-alkyl or cyclic N) is 1. The molecule has 0 bridgehead atoms. The van der Waals surface area contributed by atoms with Crippen LogP contribution in [-0.2, 0) is 4.79 Å². The second-order valence-corrected chi connectivity index (χ2v) is 5.63. The Labute approximate surface area is 123 Å². The zero-order valence-corrected chi connectivity index (χ0v) is 13.1. The minimum atomic E-state index is -0.0503. The molecule has 0 aromatic heterocycles. The van der Waals surface area contributed by atoms with Gasteiger partial charge in [-0.1, -0.05) is 19.8 Å². The third kappa shape index (κ3) is 6.20. The fraction of sp³-hybridized carbons (Fsp3) is 0.933. The highest BCUT2D eigenvalue weighted by Crippen LogP contribution is 2.07. The molecule has 20 heavy (non-hydrogen) atoms. The van der Waals surface area contributed by atoms with Crippen molar-refractivity contribution < 1.29 is 9.90 Å². The Morgan fingerprint density at radius 1 is 1.25 bits per heavy atom. The molecule has 2 N–H and O–H groups in total. The lowest BCUT2D eigenvalue weighted by atomic mass is 10.2. The van der Waals surface area contributed by atoms with Gasteiger partial charge in [0.1, 0.15) is 0 Å². The van der Waals surface area contributed by atoms with E-state index in [0.717, 1.165) is 52.1 Å². The van der Waals surface area contributed by atoms with E-state index in [1.165, 1.54) is 12.8 Å². The SMILES string of the molecule is CCCCCNC(=O)C(C)N1CCCN(CCO)CC1. The molecule has 5 nitrogen and oxygen atoms in total. The van der Waals surface area contributed by atoms with Crippen molar-refractivity contribution in [3.63, 3.8) is 0 Å². The Bertz CT molecular complexity index is 274. The summed E-state index contributed by atoms with van der Waals surface area (Å²) in [4.78, 5) is 16.6. The zero-order valence-electron chi connectivity index (χ0n) is 13.1. The van der Waals surface area contributed by atoms with Crippen LogP contribution in [0.1, 0.15) is 39.5 Å². The highest BCUT2D eigenvalue weighted by molar-refractivity contribution is 5.81. The van der Waals surface area contributed by atoms with Gasteiger partial charge in [-0.3, -0.25) is 14.6 Å². The summed E-state index contributed by atoms with van der Waals surface area (Å²) < 4.78 is 0. The summed E-state index contributed by atoms with van der Waals surface area (Å²) in [5, 5.41) is 12.0. The van der Waals surface area contributed by atoms with E-state index in [1.807, 2.05) is 6.92 Å². The Hall–Kier alpha value is -0.650. The summed E-state index contributed by atoms with van der Waals surface area (Å²) in [6.45, 7) is 9.74. The molecule has 118 valence electrons. The van der Waals surface area contributed by atoms with Crippen molar-refractivity contribution in [3.8, 4) is 0 Å². The monoisotopic (exact) mass is 285 g/mol. The van der Waals surface area contributed by atoms with Crippen molar-refractivity contribution in [1.82, 2.24) is 15.1 Å². The summed E-state index contributed by atoms with van der Waals surface area (Å²) in [5.74, 6) is 0.150. The highest BCUT2D eigenvalue weighted by atomic mass is 16.3. The van der Waals surface area contributed by atoms with Gasteiger partial charge >= 0.3 is 0 Å². The first-order valence-corrected chi connectivity index (χ1v) is 8.04. The number of rotatable bonds is 8. The van der Waals surface area contributed by atoms with Crippen LogP contribution in [0.2, 0.25) is 0 Å². The fourth-order valence-electron chi connectivity index (χ4n) is 2.64. The minimum Gasteiger partial charge on any atom is -0.395 e. The quantitative estimate of drug-likeness (QED) is 0.644. The number of carbonyl (C=O) groups excluding carboxylic acids is 1. The van der Waals surface area contributed by atoms with Crippen LogP contribution in [0.4, 0.5) is 0 Å². The lowest BCUT2D eigenvalue weighted by molar-refractivity contribution is -0.125. The first-order valence-electron chi connectivity index (χ1n) is 8.04. The Kier molecular flexibility index (Phi) is 8.82. The van der Waals surface area contributed by atoms with Crippen LogP contribution in [-0.4, -0.2) is 72.7 Å². The van der Waals surface area contributed by atoms with Crippen LogP contribution in [0.5, 0.6) is 0 Å². The number of hydrogen-bond acceptors (Lipinski definition) is 4. The summed E-state index contributed by atoms with van der Waals surface area (Å²) >= 11 is 0. The van der Waals surface area contributed by atoms with Crippen LogP contribution >= 0.6 is 0 Å². The van der Waals surface area contributed by atoms with Crippen LogP contribution in [0.15, 0.2) is 0 Å². The van der Waals surface area contributed by atoms with Crippen LogP contribution < -0.4 is 5.32 Å². The molecule has 0 spiro atoms. The molecule has 0 aromatic rings. The standard InChI is InChI=1S/C15H31N3O2/c1-3-4-5-7-16-15(20)14(2)18-9-6-8-17(10-11-18)12-13-19/h14,19H,3-13H2,1-2H3,(H,16,20). The van der Waals surface area contributed by atoms with Crippen LogP contribution in [0.3, 0.4) is 0 Å². The summed E-state index contributed by atoms with van der Waals surface area (Å²) in [5.41, 5.74) is 0. The van der Waals surface area contributed by atoms with Gasteiger partial charge in [-0.15, -0.1) is 0 Å². The normalized spacial score (nSPS) is 19.6. The van der Waals surface area contributed by atoms with Gasteiger partial charge in [0.25, 0.3) is 0 Å². The number of nitrogens with one attached hydrogen (secondary N) is 1. The lowest BCUT2D eigenvalue weighted by Gasteiger charge is -2.27. The molecular weight excluding hydrogens is 254 g/mol. The largest absolute Gasteiger partial charge is 0.395 e. The van der Waals surface area contributed by atoms with Crippen LogP contribution in [0, 0.1) is 0 Å². The van der Waals surface area contributed by atoms with Crippen molar-refractivity contribution in [2.24, 2.45) is 0 Å². The summed E-state index contributed by atoms with van der Waals surface area (Å²) in [6.07, 6.45) is 4.49. The van der Waals surface area contributed by atoms with E-state index in [1.54, 1.807) is 0 Å². The molecule has 0 aliphatic carbocycles. The molecule has 1 rings (SSSR count). The third-order valence-electron chi connectivity index (χ3n) is 4.05. The molecule has 1 aliphatic heterocycles.